The molecular weight excluding hydrogens is 316 g/mol. The number of hydrogen-bond donors (Lipinski definition) is 3. The Morgan fingerprint density at radius 2 is 2.08 bits per heavy atom. The molecule has 1 aliphatic heterocycles. The Balaban J connectivity index is 2.22. The van der Waals surface area contributed by atoms with E-state index in [1.54, 1.807) is 32.9 Å². The van der Waals surface area contributed by atoms with Crippen LogP contribution < -0.4 is 26.2 Å². The molecule has 1 aromatic rings. The van der Waals surface area contributed by atoms with Gasteiger partial charge in [-0.15, -0.1) is 0 Å². The number of hydrazine groups is 1. The van der Waals surface area contributed by atoms with Gasteiger partial charge >= 0.3 is 6.09 Å². The Morgan fingerprint density at radius 1 is 1.38 bits per heavy atom. The van der Waals surface area contributed by atoms with Gasteiger partial charge in [-0.05, 0) is 39.0 Å². The first kappa shape index (κ1) is 17.5. The number of nitrogens with zero attached hydrogens (tertiary/aromatic N) is 1. The monoisotopic (exact) mass is 336 g/mol. The number of ether oxygens (including phenoxy) is 2. The summed E-state index contributed by atoms with van der Waals surface area (Å²) < 4.78 is 10.5. The fourth-order valence-corrected chi connectivity index (χ4v) is 2.06. The van der Waals surface area contributed by atoms with Crippen LogP contribution in [0.25, 0.3) is 0 Å². The number of rotatable bonds is 3. The second kappa shape index (κ2) is 6.75. The van der Waals surface area contributed by atoms with Crippen LogP contribution in [0.1, 0.15) is 20.8 Å². The lowest BCUT2D eigenvalue weighted by atomic mass is 10.2. The van der Waals surface area contributed by atoms with E-state index in [1.807, 2.05) is 5.43 Å². The van der Waals surface area contributed by atoms with Crippen molar-refractivity contribution in [3.63, 3.8) is 0 Å². The SMILES string of the molecule is CC(C)(C)OC(=O)Nc1ccc2c(c1)N(CC(=O)NN)C(=O)CO2. The van der Waals surface area contributed by atoms with Crippen LogP contribution in [0.15, 0.2) is 18.2 Å². The van der Waals surface area contributed by atoms with E-state index in [1.165, 1.54) is 11.0 Å². The van der Waals surface area contributed by atoms with E-state index in [0.717, 1.165) is 0 Å². The molecule has 1 heterocycles. The summed E-state index contributed by atoms with van der Waals surface area (Å²) in [4.78, 5) is 36.6. The Labute approximate surface area is 139 Å². The van der Waals surface area contributed by atoms with Gasteiger partial charge in [0.2, 0.25) is 0 Å². The van der Waals surface area contributed by atoms with Crippen molar-refractivity contribution >= 4 is 29.3 Å². The van der Waals surface area contributed by atoms with Crippen molar-refractivity contribution < 1.29 is 23.9 Å². The summed E-state index contributed by atoms with van der Waals surface area (Å²) in [5.41, 5.74) is 2.10. The summed E-state index contributed by atoms with van der Waals surface area (Å²) in [5.74, 6) is 4.58. The van der Waals surface area contributed by atoms with Crippen LogP contribution in [-0.4, -0.2) is 36.7 Å². The largest absolute Gasteiger partial charge is 0.482 e. The van der Waals surface area contributed by atoms with Gasteiger partial charge < -0.3 is 9.47 Å². The molecule has 0 bridgehead atoms. The van der Waals surface area contributed by atoms with Gasteiger partial charge in [0.25, 0.3) is 11.8 Å². The molecular formula is C15H20N4O5. The zero-order valence-electron chi connectivity index (χ0n) is 13.7. The van der Waals surface area contributed by atoms with E-state index in [-0.39, 0.29) is 19.1 Å². The first-order chi connectivity index (χ1) is 11.2. The molecule has 1 aromatic carbocycles. The number of nitrogens with two attached hydrogens (primary N) is 1. The normalized spacial score (nSPS) is 13.7. The molecule has 1 aliphatic rings. The van der Waals surface area contributed by atoms with Gasteiger partial charge in [0.15, 0.2) is 6.61 Å². The summed E-state index contributed by atoms with van der Waals surface area (Å²) >= 11 is 0. The predicted octanol–water partition coefficient (Wildman–Crippen LogP) is 0.749. The van der Waals surface area contributed by atoms with Crippen LogP contribution in [0.3, 0.4) is 0 Å². The second-order valence-corrected chi connectivity index (χ2v) is 6.15. The predicted molar refractivity (Wildman–Crippen MR) is 86.5 cm³/mol. The molecule has 2 rings (SSSR count). The lowest BCUT2D eigenvalue weighted by molar-refractivity contribution is -0.125. The molecule has 3 amide bonds. The van der Waals surface area contributed by atoms with Gasteiger partial charge in [-0.2, -0.15) is 0 Å². The van der Waals surface area contributed by atoms with Crippen LogP contribution >= 0.6 is 0 Å². The van der Waals surface area contributed by atoms with Crippen molar-refractivity contribution in [3.05, 3.63) is 18.2 Å². The Hall–Kier alpha value is -2.81. The molecule has 0 unspecified atom stereocenters. The number of hydrogen-bond acceptors (Lipinski definition) is 6. The molecule has 9 nitrogen and oxygen atoms in total. The number of carbonyl (C=O) groups is 3. The molecule has 24 heavy (non-hydrogen) atoms. The highest BCUT2D eigenvalue weighted by atomic mass is 16.6. The Morgan fingerprint density at radius 3 is 2.71 bits per heavy atom. The smallest absolute Gasteiger partial charge is 0.412 e. The minimum Gasteiger partial charge on any atom is -0.482 e. The van der Waals surface area contributed by atoms with Gasteiger partial charge in [-0.1, -0.05) is 0 Å². The standard InChI is InChI=1S/C15H20N4O5/c1-15(2,3)24-14(22)17-9-4-5-11-10(6-9)19(7-12(20)18-16)13(21)8-23-11/h4-6H,7-8,16H2,1-3H3,(H,17,22)(H,18,20). The van der Waals surface area contributed by atoms with Crippen LogP contribution in [-0.2, 0) is 14.3 Å². The van der Waals surface area contributed by atoms with E-state index in [9.17, 15) is 14.4 Å². The quantitative estimate of drug-likeness (QED) is 0.425. The van der Waals surface area contributed by atoms with E-state index < -0.39 is 17.6 Å². The fourth-order valence-electron chi connectivity index (χ4n) is 2.06. The first-order valence-corrected chi connectivity index (χ1v) is 7.26. The lowest BCUT2D eigenvalue weighted by Crippen LogP contribution is -2.46. The topological polar surface area (TPSA) is 123 Å². The molecule has 0 saturated heterocycles. The minimum absolute atomic E-state index is 0.177. The van der Waals surface area contributed by atoms with E-state index >= 15 is 0 Å². The van der Waals surface area contributed by atoms with Gasteiger partial charge in [-0.25, -0.2) is 10.6 Å². The molecule has 0 radical (unpaired) electrons. The van der Waals surface area contributed by atoms with Gasteiger partial charge in [-0.3, -0.25) is 25.2 Å². The molecule has 0 aromatic heterocycles. The van der Waals surface area contributed by atoms with Crippen LogP contribution in [0, 0.1) is 0 Å². The number of anilines is 2. The summed E-state index contributed by atoms with van der Waals surface area (Å²) in [6.45, 7) is 4.82. The third-order valence-electron chi connectivity index (χ3n) is 3.01. The van der Waals surface area contributed by atoms with Crippen molar-refractivity contribution in [2.45, 2.75) is 26.4 Å². The van der Waals surface area contributed by atoms with Crippen molar-refractivity contribution in [2.75, 3.05) is 23.4 Å². The Bertz CT molecular complexity index is 668. The van der Waals surface area contributed by atoms with E-state index in [0.29, 0.717) is 17.1 Å². The minimum atomic E-state index is -0.636. The summed E-state index contributed by atoms with van der Waals surface area (Å²) in [7, 11) is 0. The second-order valence-electron chi connectivity index (χ2n) is 6.15. The Kier molecular flexibility index (Phi) is 4.93. The first-order valence-electron chi connectivity index (χ1n) is 7.26. The molecule has 0 aliphatic carbocycles. The zero-order chi connectivity index (χ0) is 17.9. The van der Waals surface area contributed by atoms with Crippen molar-refractivity contribution in [1.29, 1.82) is 0 Å². The number of benzene rings is 1. The third-order valence-corrected chi connectivity index (χ3v) is 3.01. The maximum Gasteiger partial charge on any atom is 0.412 e. The molecule has 130 valence electrons. The van der Waals surface area contributed by atoms with Crippen LogP contribution in [0.2, 0.25) is 0 Å². The van der Waals surface area contributed by atoms with E-state index in [2.05, 4.69) is 5.32 Å². The summed E-state index contributed by atoms with van der Waals surface area (Å²) in [6.07, 6.45) is -0.628. The number of carbonyl (C=O) groups excluding carboxylic acids is 3. The molecule has 0 fully saturated rings. The van der Waals surface area contributed by atoms with Gasteiger partial charge in [0, 0.05) is 5.69 Å². The highest BCUT2D eigenvalue weighted by Gasteiger charge is 2.28. The lowest BCUT2D eigenvalue weighted by Gasteiger charge is -2.29. The van der Waals surface area contributed by atoms with Crippen LogP contribution in [0.5, 0.6) is 5.75 Å². The molecule has 4 N–H and O–H groups in total. The van der Waals surface area contributed by atoms with Crippen molar-refractivity contribution in [3.8, 4) is 5.75 Å². The average Bonchev–Trinajstić information content (AvgIpc) is 2.48. The van der Waals surface area contributed by atoms with Gasteiger partial charge in [0.1, 0.15) is 17.9 Å². The summed E-state index contributed by atoms with van der Waals surface area (Å²) in [5, 5.41) is 2.57. The summed E-state index contributed by atoms with van der Waals surface area (Å²) in [6, 6.07) is 4.74. The molecule has 0 saturated carbocycles. The fraction of sp³-hybridized carbons (Fsp3) is 0.400. The molecule has 0 spiro atoms. The number of amides is 3. The van der Waals surface area contributed by atoms with E-state index in [4.69, 9.17) is 15.3 Å². The maximum absolute atomic E-state index is 12.0. The maximum atomic E-state index is 12.0. The zero-order valence-corrected chi connectivity index (χ0v) is 13.7. The van der Waals surface area contributed by atoms with Gasteiger partial charge in [0.05, 0.1) is 5.69 Å². The molecule has 0 atom stereocenters. The van der Waals surface area contributed by atoms with Crippen molar-refractivity contribution in [2.24, 2.45) is 5.84 Å². The highest BCUT2D eigenvalue weighted by molar-refractivity contribution is 6.02. The highest BCUT2D eigenvalue weighted by Crippen LogP contribution is 2.34. The third kappa shape index (κ3) is 4.35. The van der Waals surface area contributed by atoms with Crippen LogP contribution in [0.4, 0.5) is 16.2 Å². The van der Waals surface area contributed by atoms with Crippen molar-refractivity contribution in [1.82, 2.24) is 5.43 Å². The number of fused-ring (bicyclic) bond motifs is 1. The number of nitrogens with one attached hydrogen (secondary N) is 2. The molecule has 9 heteroatoms. The average molecular weight is 336 g/mol.